The van der Waals surface area contributed by atoms with Gasteiger partial charge in [0.25, 0.3) is 0 Å². The summed E-state index contributed by atoms with van der Waals surface area (Å²) >= 11 is 0. The quantitative estimate of drug-likeness (QED) is 0.171. The van der Waals surface area contributed by atoms with Gasteiger partial charge >= 0.3 is 0 Å². The highest BCUT2D eigenvalue weighted by molar-refractivity contribution is 6.18. The van der Waals surface area contributed by atoms with Gasteiger partial charge in [0.05, 0.1) is 0 Å². The number of nitrogens with zero attached hydrogens (tertiary/aromatic N) is 2. The lowest BCUT2D eigenvalue weighted by Crippen LogP contribution is -2.09. The molecule has 0 radical (unpaired) electrons. The zero-order chi connectivity index (χ0) is 37.3. The van der Waals surface area contributed by atoms with E-state index in [1.165, 1.54) is 24.3 Å². The van der Waals surface area contributed by atoms with Gasteiger partial charge in [-0.2, -0.15) is 0 Å². The maximum Gasteiger partial charge on any atom is 0.139 e. The van der Waals surface area contributed by atoms with Gasteiger partial charge in [0, 0.05) is 61.7 Å². The van der Waals surface area contributed by atoms with Crippen LogP contribution in [-0.4, -0.2) is 0 Å². The van der Waals surface area contributed by atoms with Crippen molar-refractivity contribution in [2.45, 2.75) is 0 Å². The van der Waals surface area contributed by atoms with Crippen molar-refractivity contribution in [2.24, 2.45) is 0 Å². The summed E-state index contributed by atoms with van der Waals surface area (Å²) in [4.78, 5) is 4.24. The maximum atomic E-state index is 13.9. The van der Waals surface area contributed by atoms with Gasteiger partial charge in [0.15, 0.2) is 0 Å². The first-order valence-electron chi connectivity index (χ1n) is 18.4. The minimum absolute atomic E-state index is 0.273. The molecular formula is C50H30F2N2O2. The van der Waals surface area contributed by atoms with E-state index in [-0.39, 0.29) is 11.6 Å². The van der Waals surface area contributed by atoms with Gasteiger partial charge in [-0.05, 0) is 149 Å². The minimum atomic E-state index is -0.273. The molecule has 0 amide bonds. The molecular weight excluding hydrogens is 699 g/mol. The monoisotopic (exact) mass is 728 g/mol. The number of anilines is 6. The third-order valence-corrected chi connectivity index (χ3v) is 10.7. The predicted molar refractivity (Wildman–Crippen MR) is 225 cm³/mol. The van der Waals surface area contributed by atoms with Gasteiger partial charge in [0.2, 0.25) is 0 Å². The number of rotatable bonds is 6. The fraction of sp³-hybridized carbons (Fsp3) is 0. The Kier molecular flexibility index (Phi) is 7.19. The smallest absolute Gasteiger partial charge is 0.139 e. The first kappa shape index (κ1) is 32.0. The molecule has 11 rings (SSSR count). The molecule has 0 spiro atoms. The third-order valence-electron chi connectivity index (χ3n) is 10.7. The molecule has 0 atom stereocenters. The Morgan fingerprint density at radius 3 is 1.07 bits per heavy atom. The first-order valence-corrected chi connectivity index (χ1v) is 18.4. The Morgan fingerprint density at radius 2 is 0.643 bits per heavy atom. The molecule has 0 aliphatic carbocycles. The molecule has 11 aromatic rings. The Bertz CT molecular complexity index is 3050. The number of hydrogen-bond acceptors (Lipinski definition) is 4. The van der Waals surface area contributed by atoms with Crippen LogP contribution in [0.15, 0.2) is 191 Å². The molecule has 0 saturated heterocycles. The normalized spacial score (nSPS) is 11.8. The van der Waals surface area contributed by atoms with Crippen molar-refractivity contribution < 1.29 is 17.6 Å². The second-order valence-corrected chi connectivity index (χ2v) is 14.1. The van der Waals surface area contributed by atoms with E-state index in [4.69, 9.17) is 8.83 Å². The molecule has 0 N–H and O–H groups in total. The van der Waals surface area contributed by atoms with E-state index < -0.39 is 0 Å². The van der Waals surface area contributed by atoms with Crippen LogP contribution < -0.4 is 9.80 Å². The molecule has 2 aromatic heterocycles. The molecule has 9 aromatic carbocycles. The molecule has 0 aliphatic rings. The molecule has 0 saturated carbocycles. The zero-order valence-electron chi connectivity index (χ0n) is 29.8. The average Bonchev–Trinajstić information content (AvgIpc) is 3.76. The molecule has 0 bridgehead atoms. The van der Waals surface area contributed by atoms with Crippen molar-refractivity contribution in [3.63, 3.8) is 0 Å². The average molecular weight is 729 g/mol. The van der Waals surface area contributed by atoms with Gasteiger partial charge in [-0.25, -0.2) is 8.78 Å². The predicted octanol–water partition coefficient (Wildman–Crippen LogP) is 15.0. The molecule has 0 aliphatic heterocycles. The second kappa shape index (κ2) is 12.6. The number of halogens is 2. The molecule has 0 fully saturated rings. The lowest BCUT2D eigenvalue weighted by molar-refractivity contribution is 0.627. The van der Waals surface area contributed by atoms with Crippen LogP contribution in [0.4, 0.5) is 42.9 Å². The van der Waals surface area contributed by atoms with Crippen LogP contribution in [0.1, 0.15) is 0 Å². The van der Waals surface area contributed by atoms with Crippen molar-refractivity contribution in [3.8, 4) is 0 Å². The lowest BCUT2D eigenvalue weighted by atomic mass is 10.0. The Morgan fingerprint density at radius 1 is 0.286 bits per heavy atom. The summed E-state index contributed by atoms with van der Waals surface area (Å²) in [5.41, 5.74) is 8.68. The van der Waals surface area contributed by atoms with Gasteiger partial charge in [0.1, 0.15) is 34.0 Å². The zero-order valence-corrected chi connectivity index (χ0v) is 29.8. The van der Waals surface area contributed by atoms with Crippen LogP contribution in [-0.2, 0) is 0 Å². The number of para-hydroxylation sites is 2. The van der Waals surface area contributed by atoms with Crippen LogP contribution in [0, 0.1) is 11.6 Å². The molecule has 0 unspecified atom stereocenters. The third kappa shape index (κ3) is 5.34. The van der Waals surface area contributed by atoms with E-state index in [9.17, 15) is 8.78 Å². The van der Waals surface area contributed by atoms with Crippen molar-refractivity contribution >= 4 is 99.5 Å². The fourth-order valence-electron chi connectivity index (χ4n) is 8.01. The topological polar surface area (TPSA) is 32.8 Å². The van der Waals surface area contributed by atoms with Gasteiger partial charge in [-0.3, -0.25) is 0 Å². The number of benzene rings is 9. The maximum absolute atomic E-state index is 13.9. The fourth-order valence-corrected chi connectivity index (χ4v) is 8.01. The second-order valence-electron chi connectivity index (χ2n) is 14.1. The van der Waals surface area contributed by atoms with E-state index in [0.717, 1.165) is 99.5 Å². The molecule has 56 heavy (non-hydrogen) atoms. The summed E-state index contributed by atoms with van der Waals surface area (Å²) in [7, 11) is 0. The van der Waals surface area contributed by atoms with Gasteiger partial charge in [-0.15, -0.1) is 0 Å². The van der Waals surface area contributed by atoms with Crippen LogP contribution in [0.25, 0.3) is 65.4 Å². The van der Waals surface area contributed by atoms with Crippen LogP contribution in [0.5, 0.6) is 0 Å². The summed E-state index contributed by atoms with van der Waals surface area (Å²) < 4.78 is 40.8. The van der Waals surface area contributed by atoms with E-state index in [1.54, 1.807) is 24.3 Å². The Balaban J connectivity index is 1.00. The van der Waals surface area contributed by atoms with E-state index in [1.807, 2.05) is 66.7 Å². The molecule has 266 valence electrons. The van der Waals surface area contributed by atoms with Crippen molar-refractivity contribution in [1.29, 1.82) is 0 Å². The molecule has 6 heteroatoms. The highest BCUT2D eigenvalue weighted by atomic mass is 19.1. The van der Waals surface area contributed by atoms with Crippen molar-refractivity contribution in [3.05, 3.63) is 194 Å². The summed E-state index contributed by atoms with van der Waals surface area (Å²) in [6, 6.07) is 58.8. The van der Waals surface area contributed by atoms with E-state index in [0.29, 0.717) is 0 Å². The standard InChI is InChI=1S/C50H30F2N2O2/c51-35-13-19-39(20-14-35)53(37-7-3-1-4-8-37)41-17-11-31-25-43-45-29-46-44-26-32-12-18-42(54(38-9-5-2-6-10-38)40-21-15-36(52)16-22-40)24-34(32)28-48(44)56-50(46)30-49(45)55-47(43)27-33(31)23-41/h1-30H. The van der Waals surface area contributed by atoms with Gasteiger partial charge < -0.3 is 18.6 Å². The summed E-state index contributed by atoms with van der Waals surface area (Å²) in [5, 5.41) is 8.33. The Hall–Kier alpha value is -7.44. The molecule has 4 nitrogen and oxygen atoms in total. The van der Waals surface area contributed by atoms with Crippen LogP contribution in [0.2, 0.25) is 0 Å². The SMILES string of the molecule is Fc1ccc(N(c2ccccc2)c2ccc3cc4c(cc3c2)oc2cc3oc5cc6cc(N(c7ccccc7)c7ccc(F)cc7)ccc6cc5c3cc24)cc1. The lowest BCUT2D eigenvalue weighted by Gasteiger charge is -2.25. The van der Waals surface area contributed by atoms with Crippen LogP contribution >= 0.6 is 0 Å². The summed E-state index contributed by atoms with van der Waals surface area (Å²) in [6.45, 7) is 0. The number of furan rings is 2. The van der Waals surface area contributed by atoms with Crippen molar-refractivity contribution in [2.75, 3.05) is 9.80 Å². The minimum Gasteiger partial charge on any atom is -0.456 e. The summed E-state index contributed by atoms with van der Waals surface area (Å²) in [5.74, 6) is -0.546. The highest BCUT2D eigenvalue weighted by Gasteiger charge is 2.18. The van der Waals surface area contributed by atoms with E-state index in [2.05, 4.69) is 76.5 Å². The van der Waals surface area contributed by atoms with Crippen molar-refractivity contribution in [1.82, 2.24) is 0 Å². The number of fused-ring (bicyclic) bond motifs is 8. The van der Waals surface area contributed by atoms with E-state index >= 15 is 0 Å². The largest absolute Gasteiger partial charge is 0.456 e. The summed E-state index contributed by atoms with van der Waals surface area (Å²) in [6.07, 6.45) is 0. The van der Waals surface area contributed by atoms with Crippen LogP contribution in [0.3, 0.4) is 0 Å². The number of hydrogen-bond donors (Lipinski definition) is 0. The first-order chi connectivity index (χ1) is 27.5. The molecule has 2 heterocycles. The van der Waals surface area contributed by atoms with Gasteiger partial charge in [-0.1, -0.05) is 48.5 Å². The highest BCUT2D eigenvalue weighted by Crippen LogP contribution is 2.42. The Labute approximate surface area is 319 Å².